The van der Waals surface area contributed by atoms with Crippen LogP contribution >= 0.6 is 23.2 Å². The molecule has 0 aromatic heterocycles. The Morgan fingerprint density at radius 2 is 2.09 bits per heavy atom. The van der Waals surface area contributed by atoms with Gasteiger partial charge in [-0.15, -0.1) is 0 Å². The van der Waals surface area contributed by atoms with Gasteiger partial charge in [-0.3, -0.25) is 14.9 Å². The zero-order valence-electron chi connectivity index (χ0n) is 11.0. The molecule has 0 unspecified atom stereocenters. The molecule has 0 aliphatic heterocycles. The average molecular weight is 350 g/mol. The fraction of sp³-hybridized carbons (Fsp3) is 0.182. The third kappa shape index (κ3) is 4.06. The van der Waals surface area contributed by atoms with E-state index in [0.29, 0.717) is 0 Å². The van der Waals surface area contributed by atoms with Crippen LogP contribution in [-0.2, 0) is 14.3 Å². The van der Waals surface area contributed by atoms with Crippen molar-refractivity contribution in [3.63, 3.8) is 0 Å². The van der Waals surface area contributed by atoms with Crippen molar-refractivity contribution in [1.29, 1.82) is 0 Å². The molecule has 1 aromatic carbocycles. The standard InChI is InChI=1S/C11H9Cl2N3O6/c1-2-22-11(18)8(15-19)10(17)14-7-4-5(12)3-6(13)9(7)16(20)21/h3-4,19H,2H2,1H3,(H,14,17)/b15-8-. The van der Waals surface area contributed by atoms with Crippen molar-refractivity contribution in [3.8, 4) is 0 Å². The summed E-state index contributed by atoms with van der Waals surface area (Å²) in [6.45, 7) is 1.42. The van der Waals surface area contributed by atoms with Crippen molar-refractivity contribution in [1.82, 2.24) is 0 Å². The third-order valence-electron chi connectivity index (χ3n) is 2.24. The number of benzene rings is 1. The van der Waals surface area contributed by atoms with Gasteiger partial charge in [0.15, 0.2) is 0 Å². The van der Waals surface area contributed by atoms with Crippen LogP contribution in [0.1, 0.15) is 6.92 Å². The topological polar surface area (TPSA) is 131 Å². The Hall–Kier alpha value is -2.39. The zero-order valence-corrected chi connectivity index (χ0v) is 12.5. The minimum atomic E-state index is -1.22. The number of rotatable bonds is 5. The summed E-state index contributed by atoms with van der Waals surface area (Å²) >= 11 is 11.4. The molecule has 2 N–H and O–H groups in total. The van der Waals surface area contributed by atoms with Gasteiger partial charge < -0.3 is 15.3 Å². The second kappa shape index (κ2) is 7.57. The van der Waals surface area contributed by atoms with E-state index in [1.54, 1.807) is 0 Å². The quantitative estimate of drug-likeness (QED) is 0.209. The number of ether oxygens (including phenoxy) is 1. The summed E-state index contributed by atoms with van der Waals surface area (Å²) < 4.78 is 4.50. The van der Waals surface area contributed by atoms with Crippen LogP contribution in [0.4, 0.5) is 11.4 Å². The molecular weight excluding hydrogens is 341 g/mol. The number of amides is 1. The summed E-state index contributed by atoms with van der Waals surface area (Å²) in [6, 6.07) is 2.17. The summed E-state index contributed by atoms with van der Waals surface area (Å²) in [5.41, 5.74) is -1.97. The van der Waals surface area contributed by atoms with Gasteiger partial charge in [0.2, 0.25) is 0 Å². The monoisotopic (exact) mass is 349 g/mol. The molecule has 22 heavy (non-hydrogen) atoms. The third-order valence-corrected chi connectivity index (χ3v) is 2.75. The van der Waals surface area contributed by atoms with E-state index in [1.807, 2.05) is 5.32 Å². The van der Waals surface area contributed by atoms with Gasteiger partial charge in [0, 0.05) is 5.02 Å². The Labute approximate surface area is 133 Å². The number of halogens is 2. The highest BCUT2D eigenvalue weighted by atomic mass is 35.5. The van der Waals surface area contributed by atoms with E-state index in [9.17, 15) is 19.7 Å². The normalized spacial score (nSPS) is 11.0. The first-order valence-electron chi connectivity index (χ1n) is 5.65. The van der Waals surface area contributed by atoms with Crippen LogP contribution in [0.3, 0.4) is 0 Å². The molecule has 1 amide bonds. The highest BCUT2D eigenvalue weighted by molar-refractivity contribution is 6.66. The SMILES string of the molecule is CCOC(=O)/C(=N\O)C(=O)Nc1cc(Cl)cc(Cl)c1[N+](=O)[O-]. The van der Waals surface area contributed by atoms with E-state index in [0.717, 1.165) is 12.1 Å². The Bertz CT molecular complexity index is 661. The molecule has 0 heterocycles. The van der Waals surface area contributed by atoms with Gasteiger partial charge in [0.25, 0.3) is 11.6 Å². The number of nitrogens with zero attached hydrogens (tertiary/aromatic N) is 2. The van der Waals surface area contributed by atoms with Gasteiger partial charge in [0.05, 0.1) is 11.5 Å². The summed E-state index contributed by atoms with van der Waals surface area (Å²) in [7, 11) is 0. The van der Waals surface area contributed by atoms with Gasteiger partial charge in [-0.05, 0) is 19.1 Å². The van der Waals surface area contributed by atoms with Gasteiger partial charge in [-0.1, -0.05) is 28.4 Å². The van der Waals surface area contributed by atoms with Gasteiger partial charge in [-0.25, -0.2) is 4.79 Å². The van der Waals surface area contributed by atoms with Crippen LogP contribution in [0.15, 0.2) is 17.3 Å². The first-order chi connectivity index (χ1) is 10.3. The maximum atomic E-state index is 11.8. The molecule has 0 fully saturated rings. The minimum absolute atomic E-state index is 0.0181. The maximum Gasteiger partial charge on any atom is 0.366 e. The van der Waals surface area contributed by atoms with Crippen LogP contribution in [0, 0.1) is 10.1 Å². The predicted octanol–water partition coefficient (Wildman–Crippen LogP) is 2.23. The maximum absolute atomic E-state index is 11.8. The van der Waals surface area contributed by atoms with E-state index in [4.69, 9.17) is 28.4 Å². The molecule has 0 bridgehead atoms. The van der Waals surface area contributed by atoms with Gasteiger partial charge in [0.1, 0.15) is 10.7 Å². The van der Waals surface area contributed by atoms with Crippen LogP contribution < -0.4 is 5.32 Å². The number of hydrogen-bond donors (Lipinski definition) is 2. The van der Waals surface area contributed by atoms with E-state index < -0.39 is 28.2 Å². The predicted molar refractivity (Wildman–Crippen MR) is 77.6 cm³/mol. The lowest BCUT2D eigenvalue weighted by Crippen LogP contribution is -2.31. The second-order valence-corrected chi connectivity index (χ2v) is 4.51. The van der Waals surface area contributed by atoms with Crippen molar-refractivity contribution in [2.24, 2.45) is 5.16 Å². The first kappa shape index (κ1) is 17.7. The lowest BCUT2D eigenvalue weighted by atomic mass is 10.2. The molecule has 0 radical (unpaired) electrons. The number of hydrogen-bond acceptors (Lipinski definition) is 7. The Balaban J connectivity index is 3.16. The van der Waals surface area contributed by atoms with E-state index >= 15 is 0 Å². The minimum Gasteiger partial charge on any atom is -0.461 e. The number of oxime groups is 1. The number of carbonyl (C=O) groups excluding carboxylic acids is 2. The van der Waals surface area contributed by atoms with Crippen molar-refractivity contribution in [2.45, 2.75) is 6.92 Å². The van der Waals surface area contributed by atoms with Crippen molar-refractivity contribution in [3.05, 3.63) is 32.3 Å². The molecule has 0 saturated heterocycles. The number of anilines is 1. The molecule has 11 heteroatoms. The number of nitro groups is 1. The van der Waals surface area contributed by atoms with Gasteiger partial charge >= 0.3 is 11.7 Å². The number of esters is 1. The molecule has 0 aliphatic carbocycles. The summed E-state index contributed by atoms with van der Waals surface area (Å²) in [5.74, 6) is -2.42. The zero-order chi connectivity index (χ0) is 16.9. The molecule has 0 aliphatic rings. The number of nitro benzene ring substituents is 1. The smallest absolute Gasteiger partial charge is 0.366 e. The highest BCUT2D eigenvalue weighted by Gasteiger charge is 2.27. The average Bonchev–Trinajstić information content (AvgIpc) is 2.38. The Kier molecular flexibility index (Phi) is 6.08. The summed E-state index contributed by atoms with van der Waals surface area (Å²) in [4.78, 5) is 33.4. The molecule has 0 saturated carbocycles. The van der Waals surface area contributed by atoms with Crippen LogP contribution in [0.25, 0.3) is 0 Å². The van der Waals surface area contributed by atoms with Crippen molar-refractivity contribution < 1.29 is 24.5 Å². The molecule has 1 aromatic rings. The Morgan fingerprint density at radius 1 is 1.45 bits per heavy atom. The van der Waals surface area contributed by atoms with E-state index in [2.05, 4.69) is 9.89 Å². The van der Waals surface area contributed by atoms with Crippen molar-refractivity contribution in [2.75, 3.05) is 11.9 Å². The summed E-state index contributed by atoms with van der Waals surface area (Å²) in [6.07, 6.45) is 0. The van der Waals surface area contributed by atoms with Crippen LogP contribution in [0.2, 0.25) is 10.0 Å². The highest BCUT2D eigenvalue weighted by Crippen LogP contribution is 2.35. The fourth-order valence-electron chi connectivity index (χ4n) is 1.41. The molecule has 118 valence electrons. The molecular formula is C11H9Cl2N3O6. The lowest BCUT2D eigenvalue weighted by molar-refractivity contribution is -0.383. The number of nitrogens with one attached hydrogen (secondary N) is 1. The van der Waals surface area contributed by atoms with E-state index in [-0.39, 0.29) is 22.3 Å². The lowest BCUT2D eigenvalue weighted by Gasteiger charge is -2.08. The van der Waals surface area contributed by atoms with Crippen LogP contribution in [0.5, 0.6) is 0 Å². The second-order valence-electron chi connectivity index (χ2n) is 3.66. The Morgan fingerprint density at radius 3 is 2.59 bits per heavy atom. The fourth-order valence-corrected chi connectivity index (χ4v) is 1.97. The number of carbonyl (C=O) groups is 2. The summed E-state index contributed by atoms with van der Waals surface area (Å²) in [5, 5.41) is 23.9. The molecule has 1 rings (SSSR count). The van der Waals surface area contributed by atoms with Crippen LogP contribution in [-0.4, -0.2) is 34.3 Å². The largest absolute Gasteiger partial charge is 0.461 e. The first-order valence-corrected chi connectivity index (χ1v) is 6.41. The molecule has 0 spiro atoms. The van der Waals surface area contributed by atoms with Crippen molar-refractivity contribution >= 4 is 52.2 Å². The van der Waals surface area contributed by atoms with Gasteiger partial charge in [-0.2, -0.15) is 0 Å². The molecule has 0 atom stereocenters. The molecule has 9 nitrogen and oxygen atoms in total. The van der Waals surface area contributed by atoms with E-state index in [1.165, 1.54) is 6.92 Å².